The van der Waals surface area contributed by atoms with E-state index < -0.39 is 0 Å². The fraction of sp³-hybridized carbons (Fsp3) is 0.769. The van der Waals surface area contributed by atoms with Gasteiger partial charge >= 0.3 is 0 Å². The molecule has 3 saturated carbocycles. The zero-order valence-electron chi connectivity index (χ0n) is 8.56. The lowest BCUT2D eigenvalue weighted by Crippen LogP contribution is -2.21. The largest absolute Gasteiger partial charge is 0.299 e. The third-order valence-electron chi connectivity index (χ3n) is 4.92. The summed E-state index contributed by atoms with van der Waals surface area (Å²) in [6, 6.07) is 0. The number of carbonyl (C=O) groups excluding carboxylic acids is 1. The molecule has 0 aromatic carbocycles. The van der Waals surface area contributed by atoms with Crippen LogP contribution in [0.1, 0.15) is 32.1 Å². The van der Waals surface area contributed by atoms with Gasteiger partial charge in [0.15, 0.2) is 0 Å². The van der Waals surface area contributed by atoms with Gasteiger partial charge in [-0.3, -0.25) is 4.79 Å². The van der Waals surface area contributed by atoms with E-state index in [1.165, 1.54) is 32.1 Å². The lowest BCUT2D eigenvalue weighted by molar-refractivity contribution is -0.104. The van der Waals surface area contributed by atoms with Crippen LogP contribution < -0.4 is 0 Å². The molecule has 14 heavy (non-hydrogen) atoms. The maximum Gasteiger partial charge on any atom is 0.142 e. The van der Waals surface area contributed by atoms with Crippen LogP contribution in [0.4, 0.5) is 0 Å². The molecule has 3 fully saturated rings. The molecule has 76 valence electrons. The van der Waals surface area contributed by atoms with Crippen molar-refractivity contribution in [2.45, 2.75) is 32.1 Å². The molecule has 0 spiro atoms. The molecule has 3 aliphatic rings. The summed E-state index contributed by atoms with van der Waals surface area (Å²) in [5.41, 5.74) is 0. The minimum absolute atomic E-state index is 0.737. The van der Waals surface area contributed by atoms with Gasteiger partial charge in [0.25, 0.3) is 0 Å². The van der Waals surface area contributed by atoms with Crippen molar-refractivity contribution in [2.24, 2.45) is 29.6 Å². The Balaban J connectivity index is 1.78. The van der Waals surface area contributed by atoms with Gasteiger partial charge in [-0.25, -0.2) is 0 Å². The lowest BCUT2D eigenvalue weighted by atomic mass is 9.78. The summed E-state index contributed by atoms with van der Waals surface area (Å²) in [7, 11) is 0. The second kappa shape index (κ2) is 3.22. The minimum atomic E-state index is 0.737. The number of fused-ring (bicyclic) bond motifs is 5. The van der Waals surface area contributed by atoms with Gasteiger partial charge in [-0.2, -0.15) is 0 Å². The monoisotopic (exact) mass is 190 g/mol. The van der Waals surface area contributed by atoms with Crippen LogP contribution in [0.15, 0.2) is 12.2 Å². The number of carbonyl (C=O) groups is 1. The van der Waals surface area contributed by atoms with Gasteiger partial charge in [0.2, 0.25) is 0 Å². The van der Waals surface area contributed by atoms with E-state index in [-0.39, 0.29) is 0 Å². The van der Waals surface area contributed by atoms with Crippen LogP contribution in [-0.4, -0.2) is 6.29 Å². The smallest absolute Gasteiger partial charge is 0.142 e. The standard InChI is InChI=1S/C13H18O/c14-7-1-2-9-5-6-12-10-3-4-11(8-10)13(9)12/h1-2,7,9-13H,3-6,8H2/t9?,10?,11?,12-,13+/m0/s1. The fourth-order valence-electron chi connectivity index (χ4n) is 4.54. The Morgan fingerprint density at radius 2 is 1.86 bits per heavy atom. The van der Waals surface area contributed by atoms with Gasteiger partial charge in [-0.15, -0.1) is 0 Å². The van der Waals surface area contributed by atoms with Crippen LogP contribution in [0.2, 0.25) is 0 Å². The molecule has 3 aliphatic carbocycles. The van der Waals surface area contributed by atoms with Crippen molar-refractivity contribution in [1.29, 1.82) is 0 Å². The lowest BCUT2D eigenvalue weighted by Gasteiger charge is -2.27. The Morgan fingerprint density at radius 3 is 2.71 bits per heavy atom. The normalized spacial score (nSPS) is 50.1. The fourth-order valence-corrected chi connectivity index (χ4v) is 4.54. The van der Waals surface area contributed by atoms with Crippen molar-refractivity contribution in [3.05, 3.63) is 12.2 Å². The first kappa shape index (κ1) is 8.70. The Labute approximate surface area is 85.6 Å². The Hall–Kier alpha value is -0.590. The molecule has 0 heterocycles. The first-order valence-electron chi connectivity index (χ1n) is 6.02. The van der Waals surface area contributed by atoms with Gasteiger partial charge in [-0.1, -0.05) is 6.08 Å². The number of rotatable bonds is 2. The van der Waals surface area contributed by atoms with E-state index in [1.807, 2.05) is 0 Å². The molecular formula is C13H18O. The predicted octanol–water partition coefficient (Wildman–Crippen LogP) is 2.81. The highest BCUT2D eigenvalue weighted by Gasteiger charge is 2.52. The SMILES string of the molecule is O=CC=CC1CC[C@H]2C3CCC(C3)[C@@H]12. The highest BCUT2D eigenvalue weighted by atomic mass is 16.1. The van der Waals surface area contributed by atoms with Crippen molar-refractivity contribution < 1.29 is 4.79 Å². The van der Waals surface area contributed by atoms with E-state index >= 15 is 0 Å². The van der Waals surface area contributed by atoms with Gasteiger partial charge in [0, 0.05) is 0 Å². The van der Waals surface area contributed by atoms with Gasteiger partial charge in [-0.05, 0) is 67.8 Å². The van der Waals surface area contributed by atoms with Crippen molar-refractivity contribution in [2.75, 3.05) is 0 Å². The molecule has 0 N–H and O–H groups in total. The van der Waals surface area contributed by atoms with Crippen LogP contribution >= 0.6 is 0 Å². The molecule has 0 amide bonds. The molecule has 1 nitrogen and oxygen atoms in total. The van der Waals surface area contributed by atoms with Gasteiger partial charge in [0.05, 0.1) is 0 Å². The summed E-state index contributed by atoms with van der Waals surface area (Å²) in [6.45, 7) is 0. The summed E-state index contributed by atoms with van der Waals surface area (Å²) in [6.07, 6.45) is 12.1. The quantitative estimate of drug-likeness (QED) is 0.483. The molecule has 0 saturated heterocycles. The molecule has 2 bridgehead atoms. The highest BCUT2D eigenvalue weighted by molar-refractivity contribution is 5.64. The molecule has 3 rings (SSSR count). The van der Waals surface area contributed by atoms with Crippen LogP contribution in [0.3, 0.4) is 0 Å². The number of hydrogen-bond acceptors (Lipinski definition) is 1. The first-order valence-corrected chi connectivity index (χ1v) is 6.02. The zero-order valence-corrected chi connectivity index (χ0v) is 8.56. The predicted molar refractivity (Wildman–Crippen MR) is 55.7 cm³/mol. The summed E-state index contributed by atoms with van der Waals surface area (Å²) < 4.78 is 0. The molecule has 0 aliphatic heterocycles. The maximum absolute atomic E-state index is 10.3. The summed E-state index contributed by atoms with van der Waals surface area (Å²) >= 11 is 0. The molecular weight excluding hydrogens is 172 g/mol. The third-order valence-corrected chi connectivity index (χ3v) is 4.92. The Bertz CT molecular complexity index is 268. The van der Waals surface area contributed by atoms with Crippen LogP contribution in [-0.2, 0) is 4.79 Å². The zero-order chi connectivity index (χ0) is 9.54. The molecule has 3 unspecified atom stereocenters. The van der Waals surface area contributed by atoms with Gasteiger partial charge < -0.3 is 0 Å². The molecule has 0 aromatic heterocycles. The van der Waals surface area contributed by atoms with Gasteiger partial charge in [0.1, 0.15) is 6.29 Å². The van der Waals surface area contributed by atoms with Crippen LogP contribution in [0, 0.1) is 29.6 Å². The van der Waals surface area contributed by atoms with Crippen molar-refractivity contribution >= 4 is 6.29 Å². The third kappa shape index (κ3) is 1.11. The minimum Gasteiger partial charge on any atom is -0.299 e. The van der Waals surface area contributed by atoms with E-state index in [1.54, 1.807) is 6.08 Å². The highest BCUT2D eigenvalue weighted by Crippen LogP contribution is 2.60. The second-order valence-electron chi connectivity index (χ2n) is 5.34. The summed E-state index contributed by atoms with van der Waals surface area (Å²) in [5, 5.41) is 0. The van der Waals surface area contributed by atoms with E-state index in [0.717, 1.165) is 35.9 Å². The molecule has 0 radical (unpaired) electrons. The maximum atomic E-state index is 10.3. The number of allylic oxidation sites excluding steroid dienone is 2. The number of hydrogen-bond donors (Lipinski definition) is 0. The van der Waals surface area contributed by atoms with Crippen LogP contribution in [0.5, 0.6) is 0 Å². The van der Waals surface area contributed by atoms with E-state index in [9.17, 15) is 4.79 Å². The van der Waals surface area contributed by atoms with E-state index in [4.69, 9.17) is 0 Å². The second-order valence-corrected chi connectivity index (χ2v) is 5.34. The van der Waals surface area contributed by atoms with Crippen molar-refractivity contribution in [1.82, 2.24) is 0 Å². The summed E-state index contributed by atoms with van der Waals surface area (Å²) in [4.78, 5) is 10.3. The van der Waals surface area contributed by atoms with E-state index in [0.29, 0.717) is 0 Å². The van der Waals surface area contributed by atoms with Crippen LogP contribution in [0.25, 0.3) is 0 Å². The molecule has 0 aromatic rings. The Morgan fingerprint density at radius 1 is 1.00 bits per heavy atom. The topological polar surface area (TPSA) is 17.1 Å². The first-order chi connectivity index (χ1) is 6.90. The average molecular weight is 190 g/mol. The van der Waals surface area contributed by atoms with E-state index in [2.05, 4.69) is 6.08 Å². The molecule has 5 atom stereocenters. The summed E-state index contributed by atoms with van der Waals surface area (Å²) in [5.74, 6) is 4.77. The average Bonchev–Trinajstić information content (AvgIpc) is 2.87. The van der Waals surface area contributed by atoms with Crippen molar-refractivity contribution in [3.63, 3.8) is 0 Å². The Kier molecular flexibility index (Phi) is 2.00. The van der Waals surface area contributed by atoms with Crippen molar-refractivity contribution in [3.8, 4) is 0 Å². The number of aldehydes is 1. The molecule has 1 heteroatoms.